The first-order chi connectivity index (χ1) is 14.2. The van der Waals surface area contributed by atoms with Crippen LogP contribution < -0.4 is 0 Å². The zero-order valence-corrected chi connectivity index (χ0v) is 18.0. The maximum Gasteiger partial charge on any atom is 0.431 e. The highest BCUT2D eigenvalue weighted by molar-refractivity contribution is 7.99. The van der Waals surface area contributed by atoms with Gasteiger partial charge >= 0.3 is 12.2 Å². The second kappa shape index (κ2) is 7.28. The molecule has 1 unspecified atom stereocenters. The molecule has 9 nitrogen and oxygen atoms in total. The van der Waals surface area contributed by atoms with Gasteiger partial charge in [0, 0.05) is 22.8 Å². The van der Waals surface area contributed by atoms with E-state index in [1.54, 1.807) is 56.9 Å². The van der Waals surface area contributed by atoms with Gasteiger partial charge in [0.05, 0.1) is 12.2 Å². The molecular weight excluding hydrogens is 410 g/mol. The Bertz CT molecular complexity index is 898. The minimum absolute atomic E-state index is 0.222. The van der Waals surface area contributed by atoms with Crippen molar-refractivity contribution in [3.05, 3.63) is 35.4 Å². The molecule has 1 aromatic carbocycles. The van der Waals surface area contributed by atoms with E-state index in [0.29, 0.717) is 11.6 Å². The van der Waals surface area contributed by atoms with Crippen LogP contribution in [0.1, 0.15) is 48.4 Å². The number of hydrogen-bond acceptors (Lipinski definition) is 8. The number of thioether (sulfide) groups is 1. The Hall–Kier alpha value is -2.59. The van der Waals surface area contributed by atoms with Crippen LogP contribution in [-0.4, -0.2) is 74.3 Å². The van der Waals surface area contributed by atoms with E-state index in [1.165, 1.54) is 11.8 Å². The molecule has 2 heterocycles. The normalized spacial score (nSPS) is 22.3. The zero-order valence-electron chi connectivity index (χ0n) is 17.2. The van der Waals surface area contributed by atoms with Gasteiger partial charge in [-0.25, -0.2) is 14.5 Å². The largest absolute Gasteiger partial charge is 0.445 e. The number of fused-ring (bicyclic) bond motifs is 3. The SMILES string of the molecule is CC(C)OC(=O)N1C2CSCN2C2(C(=O)c3ccccc3C2=O)N1C(=O)OC(C)C. The van der Waals surface area contributed by atoms with Gasteiger partial charge in [-0.2, -0.15) is 10.0 Å². The van der Waals surface area contributed by atoms with Crippen molar-refractivity contribution >= 4 is 35.5 Å². The van der Waals surface area contributed by atoms with E-state index in [9.17, 15) is 19.2 Å². The molecule has 2 saturated heterocycles. The van der Waals surface area contributed by atoms with E-state index in [1.807, 2.05) is 0 Å². The number of benzene rings is 1. The summed E-state index contributed by atoms with van der Waals surface area (Å²) in [5, 5.41) is 1.96. The second-order valence-corrected chi connectivity index (χ2v) is 8.85. The minimum atomic E-state index is -2.00. The number of hydrazine groups is 1. The number of ketones is 2. The van der Waals surface area contributed by atoms with Crippen molar-refractivity contribution < 1.29 is 28.7 Å². The standard InChI is InChI=1S/C20H23N3O6S/c1-11(2)28-18(26)22-15-9-30-10-21(15)20(23(22)19(27)29-12(3)4)16(24)13-7-5-6-8-14(13)17(20)25/h5-8,11-12,15H,9-10H2,1-4H3. The third-order valence-corrected chi connectivity index (χ3v) is 6.15. The van der Waals surface area contributed by atoms with Crippen LogP contribution in [-0.2, 0) is 9.47 Å². The van der Waals surface area contributed by atoms with Crippen LogP contribution in [0.25, 0.3) is 0 Å². The predicted molar refractivity (Wildman–Crippen MR) is 108 cm³/mol. The van der Waals surface area contributed by atoms with Gasteiger partial charge in [-0.05, 0) is 27.7 Å². The van der Waals surface area contributed by atoms with Gasteiger partial charge in [0.2, 0.25) is 17.2 Å². The Balaban J connectivity index is 1.90. The topological polar surface area (TPSA) is 96.5 Å². The Kier molecular flexibility index (Phi) is 5.01. The summed E-state index contributed by atoms with van der Waals surface area (Å²) in [5.74, 6) is -0.378. The molecule has 0 saturated carbocycles. The quantitative estimate of drug-likeness (QED) is 0.657. The lowest BCUT2D eigenvalue weighted by molar-refractivity contribution is -0.0457. The van der Waals surface area contributed by atoms with Crippen molar-refractivity contribution in [1.29, 1.82) is 0 Å². The third-order valence-electron chi connectivity index (χ3n) is 5.16. The number of carbonyl (C=O) groups excluding carboxylic acids is 4. The number of amides is 2. The molecule has 1 spiro atoms. The number of carbonyl (C=O) groups is 4. The van der Waals surface area contributed by atoms with Crippen molar-refractivity contribution in [2.24, 2.45) is 0 Å². The first-order valence-corrected chi connectivity index (χ1v) is 10.9. The van der Waals surface area contributed by atoms with Crippen molar-refractivity contribution in [3.63, 3.8) is 0 Å². The Morgan fingerprint density at radius 1 is 1.00 bits per heavy atom. The smallest absolute Gasteiger partial charge is 0.431 e. The van der Waals surface area contributed by atoms with Crippen LogP contribution in [0.4, 0.5) is 9.59 Å². The first-order valence-electron chi connectivity index (χ1n) is 9.75. The summed E-state index contributed by atoms with van der Waals surface area (Å²) in [6.45, 7) is 6.68. The fraction of sp³-hybridized carbons (Fsp3) is 0.500. The van der Waals surface area contributed by atoms with Crippen molar-refractivity contribution in [2.45, 2.75) is 51.7 Å². The molecule has 4 rings (SSSR count). The summed E-state index contributed by atoms with van der Waals surface area (Å²) in [6, 6.07) is 6.44. The average Bonchev–Trinajstić information content (AvgIpc) is 3.30. The van der Waals surface area contributed by atoms with E-state index >= 15 is 0 Å². The van der Waals surface area contributed by atoms with E-state index in [4.69, 9.17) is 9.47 Å². The fourth-order valence-corrected chi connectivity index (χ4v) is 5.29. The van der Waals surface area contributed by atoms with Gasteiger partial charge < -0.3 is 9.47 Å². The first kappa shape index (κ1) is 20.7. The van der Waals surface area contributed by atoms with Crippen LogP contribution in [0.3, 0.4) is 0 Å². The number of ether oxygens (including phenoxy) is 2. The molecule has 0 N–H and O–H groups in total. The molecule has 2 fully saturated rings. The van der Waals surface area contributed by atoms with Gasteiger partial charge in [0.1, 0.15) is 6.17 Å². The van der Waals surface area contributed by atoms with Crippen molar-refractivity contribution in [2.75, 3.05) is 11.6 Å². The summed E-state index contributed by atoms with van der Waals surface area (Å²) in [5.41, 5.74) is -1.56. The second-order valence-electron chi connectivity index (χ2n) is 7.85. The fourth-order valence-electron chi connectivity index (χ4n) is 4.10. The molecule has 160 valence electrons. The Labute approximate surface area is 178 Å². The average molecular weight is 433 g/mol. The lowest BCUT2D eigenvalue weighted by atomic mass is 10.0. The van der Waals surface area contributed by atoms with Crippen molar-refractivity contribution in [1.82, 2.24) is 14.9 Å². The van der Waals surface area contributed by atoms with Gasteiger partial charge in [-0.15, -0.1) is 11.8 Å². The minimum Gasteiger partial charge on any atom is -0.445 e. The number of hydrogen-bond donors (Lipinski definition) is 0. The monoisotopic (exact) mass is 433 g/mol. The summed E-state index contributed by atoms with van der Waals surface area (Å²) in [4.78, 5) is 55.2. The molecule has 1 aliphatic carbocycles. The van der Waals surface area contributed by atoms with Crippen LogP contribution in [0, 0.1) is 0 Å². The maximum absolute atomic E-state index is 13.7. The van der Waals surface area contributed by atoms with E-state index < -0.39 is 47.8 Å². The lowest BCUT2D eigenvalue weighted by Crippen LogP contribution is -2.65. The van der Waals surface area contributed by atoms with E-state index in [-0.39, 0.29) is 11.1 Å². The van der Waals surface area contributed by atoms with Crippen LogP contribution in [0.5, 0.6) is 0 Å². The highest BCUT2D eigenvalue weighted by atomic mass is 32.2. The Morgan fingerprint density at radius 2 is 1.53 bits per heavy atom. The zero-order chi connectivity index (χ0) is 21.8. The number of nitrogens with zero attached hydrogens (tertiary/aromatic N) is 3. The molecule has 10 heteroatoms. The van der Waals surface area contributed by atoms with Crippen molar-refractivity contribution in [3.8, 4) is 0 Å². The molecule has 3 aliphatic rings. The molecule has 30 heavy (non-hydrogen) atoms. The van der Waals surface area contributed by atoms with Crippen LogP contribution >= 0.6 is 11.8 Å². The van der Waals surface area contributed by atoms with Gasteiger partial charge in [0.15, 0.2) is 0 Å². The number of Topliss-reactive ketones (excluding diaryl/α,β-unsaturated/α-hetero) is 2. The third kappa shape index (κ3) is 2.73. The predicted octanol–water partition coefficient (Wildman–Crippen LogP) is 2.72. The molecule has 0 bridgehead atoms. The highest BCUT2D eigenvalue weighted by Crippen LogP contribution is 2.48. The van der Waals surface area contributed by atoms with Gasteiger partial charge in [-0.3, -0.25) is 9.59 Å². The summed E-state index contributed by atoms with van der Waals surface area (Å²) in [6.07, 6.45) is -3.41. The maximum atomic E-state index is 13.7. The molecule has 0 radical (unpaired) electrons. The lowest BCUT2D eigenvalue weighted by Gasteiger charge is -2.37. The molecule has 2 aliphatic heterocycles. The van der Waals surface area contributed by atoms with E-state index in [2.05, 4.69) is 0 Å². The van der Waals surface area contributed by atoms with E-state index in [0.717, 1.165) is 10.0 Å². The van der Waals surface area contributed by atoms with Gasteiger partial charge in [-0.1, -0.05) is 24.3 Å². The van der Waals surface area contributed by atoms with Crippen LogP contribution in [0.2, 0.25) is 0 Å². The molecule has 2 amide bonds. The number of rotatable bonds is 2. The molecule has 0 aromatic heterocycles. The molecule has 1 atom stereocenters. The summed E-state index contributed by atoms with van der Waals surface area (Å²) < 4.78 is 10.7. The van der Waals surface area contributed by atoms with Crippen LogP contribution in [0.15, 0.2) is 24.3 Å². The summed E-state index contributed by atoms with van der Waals surface area (Å²) >= 11 is 1.47. The summed E-state index contributed by atoms with van der Waals surface area (Å²) in [7, 11) is 0. The molecule has 1 aromatic rings. The Morgan fingerprint density at radius 3 is 2.07 bits per heavy atom. The van der Waals surface area contributed by atoms with Gasteiger partial charge in [0.25, 0.3) is 0 Å². The highest BCUT2D eigenvalue weighted by Gasteiger charge is 2.73. The molecular formula is C20H23N3O6S.